The van der Waals surface area contributed by atoms with Gasteiger partial charge < -0.3 is 24.6 Å². The molecule has 1 aromatic carbocycles. The van der Waals surface area contributed by atoms with Gasteiger partial charge in [-0.25, -0.2) is 4.98 Å². The van der Waals surface area contributed by atoms with Crippen molar-refractivity contribution in [2.24, 2.45) is 4.99 Å². The Morgan fingerprint density at radius 2 is 1.86 bits per heavy atom. The molecule has 0 unspecified atom stereocenters. The van der Waals surface area contributed by atoms with Crippen molar-refractivity contribution in [3.05, 3.63) is 54.2 Å². The minimum atomic E-state index is 0. The fraction of sp³-hybridized carbons (Fsp3) is 0.429. The summed E-state index contributed by atoms with van der Waals surface area (Å²) in [5.74, 6) is 2.81. The summed E-state index contributed by atoms with van der Waals surface area (Å²) in [5, 5.41) is 3.39. The van der Waals surface area contributed by atoms with Gasteiger partial charge in [-0.05, 0) is 18.2 Å². The van der Waals surface area contributed by atoms with Gasteiger partial charge in [-0.3, -0.25) is 4.99 Å². The van der Waals surface area contributed by atoms with Gasteiger partial charge in [-0.15, -0.1) is 24.0 Å². The van der Waals surface area contributed by atoms with Crippen molar-refractivity contribution in [1.82, 2.24) is 15.2 Å². The molecule has 0 saturated carbocycles. The van der Waals surface area contributed by atoms with Crippen LogP contribution in [-0.4, -0.2) is 69.3 Å². The van der Waals surface area contributed by atoms with Gasteiger partial charge in [0.05, 0.1) is 20.3 Å². The SMILES string of the molecule is CN=C(NCCOCc1ccccc1OC)N1CCN(c2ccccn2)CC1.I. The Labute approximate surface area is 190 Å². The first-order valence-corrected chi connectivity index (χ1v) is 9.63. The molecule has 1 saturated heterocycles. The van der Waals surface area contributed by atoms with Crippen molar-refractivity contribution in [2.45, 2.75) is 6.61 Å². The number of aromatic nitrogens is 1. The number of anilines is 1. The third kappa shape index (κ3) is 6.74. The zero-order chi connectivity index (χ0) is 19.6. The van der Waals surface area contributed by atoms with Crippen LogP contribution < -0.4 is 15.0 Å². The van der Waals surface area contributed by atoms with Crippen LogP contribution in [0.5, 0.6) is 5.75 Å². The lowest BCUT2D eigenvalue weighted by Gasteiger charge is -2.37. The minimum absolute atomic E-state index is 0. The third-order valence-electron chi connectivity index (χ3n) is 4.74. The molecule has 0 spiro atoms. The molecule has 1 fully saturated rings. The van der Waals surface area contributed by atoms with E-state index < -0.39 is 0 Å². The van der Waals surface area contributed by atoms with Gasteiger partial charge in [0.25, 0.3) is 0 Å². The number of halogens is 1. The van der Waals surface area contributed by atoms with Crippen LogP contribution in [0.3, 0.4) is 0 Å². The highest BCUT2D eigenvalue weighted by Gasteiger charge is 2.20. The van der Waals surface area contributed by atoms with E-state index in [0.29, 0.717) is 19.8 Å². The Morgan fingerprint density at radius 3 is 2.55 bits per heavy atom. The second-order valence-electron chi connectivity index (χ2n) is 6.50. The molecule has 1 aliphatic heterocycles. The number of pyridine rings is 1. The first kappa shape index (κ1) is 23.2. The molecule has 0 amide bonds. The number of ether oxygens (including phenoxy) is 2. The number of rotatable bonds is 7. The summed E-state index contributed by atoms with van der Waals surface area (Å²) in [5.41, 5.74) is 1.06. The monoisotopic (exact) mass is 511 g/mol. The van der Waals surface area contributed by atoms with Crippen molar-refractivity contribution in [3.8, 4) is 5.75 Å². The number of guanidine groups is 1. The zero-order valence-electron chi connectivity index (χ0n) is 17.1. The van der Waals surface area contributed by atoms with Crippen LogP contribution in [0.2, 0.25) is 0 Å². The van der Waals surface area contributed by atoms with Crippen LogP contribution >= 0.6 is 24.0 Å². The second kappa shape index (κ2) is 12.5. The normalized spacial score (nSPS) is 14.3. The minimum Gasteiger partial charge on any atom is -0.496 e. The summed E-state index contributed by atoms with van der Waals surface area (Å²) in [4.78, 5) is 13.4. The number of benzene rings is 1. The second-order valence-corrected chi connectivity index (χ2v) is 6.50. The van der Waals surface area contributed by atoms with Gasteiger partial charge in [0.15, 0.2) is 5.96 Å². The molecule has 1 aromatic heterocycles. The number of hydrogen-bond donors (Lipinski definition) is 1. The van der Waals surface area contributed by atoms with Gasteiger partial charge in [0, 0.05) is 51.5 Å². The number of nitrogens with one attached hydrogen (secondary N) is 1. The number of para-hydroxylation sites is 1. The number of methoxy groups -OCH3 is 1. The molecule has 158 valence electrons. The summed E-state index contributed by atoms with van der Waals surface area (Å²) in [6.45, 7) is 5.54. The Hall–Kier alpha value is -2.07. The lowest BCUT2D eigenvalue weighted by Crippen LogP contribution is -2.53. The van der Waals surface area contributed by atoms with Crippen molar-refractivity contribution < 1.29 is 9.47 Å². The number of aliphatic imine (C=N–C) groups is 1. The van der Waals surface area contributed by atoms with Crippen LogP contribution in [0.4, 0.5) is 5.82 Å². The molecule has 3 rings (SSSR count). The predicted molar refractivity (Wildman–Crippen MR) is 127 cm³/mol. The van der Waals surface area contributed by atoms with E-state index >= 15 is 0 Å². The average Bonchev–Trinajstić information content (AvgIpc) is 2.77. The first-order valence-electron chi connectivity index (χ1n) is 9.63. The summed E-state index contributed by atoms with van der Waals surface area (Å²) in [7, 11) is 3.50. The maximum atomic E-state index is 5.79. The first-order chi connectivity index (χ1) is 13.8. The molecule has 29 heavy (non-hydrogen) atoms. The smallest absolute Gasteiger partial charge is 0.193 e. The standard InChI is InChI=1S/C21H29N5O2.HI/c1-22-21(24-11-16-28-17-18-7-3-4-8-19(18)27-2)26-14-12-25(13-15-26)20-9-5-6-10-23-20;/h3-10H,11-17H2,1-2H3,(H,22,24);1H. The molecule has 2 heterocycles. The fourth-order valence-electron chi connectivity index (χ4n) is 3.26. The topological polar surface area (TPSA) is 62.2 Å². The van der Waals surface area contributed by atoms with Crippen LogP contribution in [0.15, 0.2) is 53.7 Å². The molecule has 2 aromatic rings. The number of nitrogens with zero attached hydrogens (tertiary/aromatic N) is 4. The Kier molecular flexibility index (Phi) is 9.99. The van der Waals surface area contributed by atoms with E-state index in [2.05, 4.69) is 31.2 Å². The molecule has 7 nitrogen and oxygen atoms in total. The van der Waals surface area contributed by atoms with Crippen LogP contribution in [0.1, 0.15) is 5.56 Å². The molecule has 0 bridgehead atoms. The highest BCUT2D eigenvalue weighted by molar-refractivity contribution is 14.0. The average molecular weight is 511 g/mol. The maximum absolute atomic E-state index is 5.79. The maximum Gasteiger partial charge on any atom is 0.193 e. The number of piperazine rings is 1. The van der Waals surface area contributed by atoms with Gasteiger partial charge in [0.2, 0.25) is 0 Å². The van der Waals surface area contributed by atoms with Gasteiger partial charge >= 0.3 is 0 Å². The van der Waals surface area contributed by atoms with Gasteiger partial charge in [-0.1, -0.05) is 24.3 Å². The summed E-state index contributed by atoms with van der Waals surface area (Å²) in [6.07, 6.45) is 1.84. The molecule has 0 atom stereocenters. The van der Waals surface area contributed by atoms with E-state index in [0.717, 1.165) is 49.3 Å². The summed E-state index contributed by atoms with van der Waals surface area (Å²) in [6, 6.07) is 14.0. The molecule has 1 N–H and O–H groups in total. The predicted octanol–water partition coefficient (Wildman–Crippen LogP) is 2.62. The number of hydrogen-bond acceptors (Lipinski definition) is 5. The van der Waals surface area contributed by atoms with E-state index in [-0.39, 0.29) is 24.0 Å². The van der Waals surface area contributed by atoms with Gasteiger partial charge in [0.1, 0.15) is 11.6 Å². The highest BCUT2D eigenvalue weighted by Crippen LogP contribution is 2.17. The van der Waals surface area contributed by atoms with Crippen molar-refractivity contribution in [2.75, 3.05) is 58.4 Å². The van der Waals surface area contributed by atoms with E-state index in [9.17, 15) is 0 Å². The largest absolute Gasteiger partial charge is 0.496 e. The zero-order valence-corrected chi connectivity index (χ0v) is 19.4. The Balaban J connectivity index is 0.00000300. The molecule has 0 aliphatic carbocycles. The van der Waals surface area contributed by atoms with E-state index in [1.54, 1.807) is 7.11 Å². The highest BCUT2D eigenvalue weighted by atomic mass is 127. The van der Waals surface area contributed by atoms with Gasteiger partial charge in [-0.2, -0.15) is 0 Å². The van der Waals surface area contributed by atoms with Crippen LogP contribution in [0.25, 0.3) is 0 Å². The van der Waals surface area contributed by atoms with E-state index in [1.165, 1.54) is 0 Å². The van der Waals surface area contributed by atoms with Crippen molar-refractivity contribution in [3.63, 3.8) is 0 Å². The van der Waals surface area contributed by atoms with E-state index in [1.807, 2.05) is 49.6 Å². The Bertz CT molecular complexity index is 752. The summed E-state index contributed by atoms with van der Waals surface area (Å²) < 4.78 is 11.1. The Morgan fingerprint density at radius 1 is 1.10 bits per heavy atom. The molecular formula is C21H30IN5O2. The van der Waals surface area contributed by atoms with E-state index in [4.69, 9.17) is 9.47 Å². The van der Waals surface area contributed by atoms with Crippen molar-refractivity contribution in [1.29, 1.82) is 0 Å². The fourth-order valence-corrected chi connectivity index (χ4v) is 3.26. The quantitative estimate of drug-likeness (QED) is 0.267. The molecule has 0 radical (unpaired) electrons. The lowest BCUT2D eigenvalue weighted by molar-refractivity contribution is 0.123. The van der Waals surface area contributed by atoms with Crippen LogP contribution in [-0.2, 0) is 11.3 Å². The molecule has 1 aliphatic rings. The third-order valence-corrected chi connectivity index (χ3v) is 4.74. The lowest BCUT2D eigenvalue weighted by atomic mass is 10.2. The molecule has 8 heteroatoms. The van der Waals surface area contributed by atoms with Crippen LogP contribution in [0, 0.1) is 0 Å². The molecular weight excluding hydrogens is 481 g/mol. The summed E-state index contributed by atoms with van der Waals surface area (Å²) >= 11 is 0. The van der Waals surface area contributed by atoms with Crippen molar-refractivity contribution >= 4 is 35.8 Å².